The molecule has 0 aliphatic carbocycles. The van der Waals surface area contributed by atoms with E-state index in [4.69, 9.17) is 29.2 Å². The molecule has 0 saturated carbocycles. The molecule has 1 unspecified atom stereocenters. The summed E-state index contributed by atoms with van der Waals surface area (Å²) in [6.45, 7) is 12.5. The minimum absolute atomic E-state index is 0. The Labute approximate surface area is 217 Å². The maximum absolute atomic E-state index is 10.1. The third-order valence-electron chi connectivity index (χ3n) is 3.61. The molecule has 1 atom stereocenters. The van der Waals surface area contributed by atoms with Crippen LogP contribution in [0.4, 0.5) is 0 Å². The number of rotatable bonds is 19. The molecule has 0 aromatic rings. The second-order valence-electron chi connectivity index (χ2n) is 6.18. The van der Waals surface area contributed by atoms with Gasteiger partial charge in [0.15, 0.2) is 0 Å². The van der Waals surface area contributed by atoms with E-state index in [0.29, 0.717) is 39.6 Å². The molecule has 12 heteroatoms. The average Bonchev–Trinajstić information content (AvgIpc) is 2.73. The van der Waals surface area contributed by atoms with Crippen LogP contribution in [0.15, 0.2) is 0 Å². The van der Waals surface area contributed by atoms with Crippen molar-refractivity contribution in [3.63, 3.8) is 0 Å². The smallest absolute Gasteiger partial charge is 0.726 e. The first kappa shape index (κ1) is 39.8. The van der Waals surface area contributed by atoms with Crippen LogP contribution in [0, 0.1) is 5.92 Å². The van der Waals surface area contributed by atoms with E-state index >= 15 is 0 Å². The maximum atomic E-state index is 10.1. The second-order valence-corrected chi connectivity index (χ2v) is 7.23. The van der Waals surface area contributed by atoms with Crippen molar-refractivity contribution in [2.75, 3.05) is 72.7 Å². The molecule has 0 saturated heterocycles. The molecule has 0 spiro atoms. The SMILES string of the molecule is CCCCC(CC)COS(=O)(=O)[O-].CCOCC.OCCOCCOCCOCCO.[Na+]. The zero-order valence-corrected chi connectivity index (χ0v) is 23.6. The van der Waals surface area contributed by atoms with Gasteiger partial charge in [0.05, 0.1) is 59.5 Å². The summed E-state index contributed by atoms with van der Waals surface area (Å²) in [4.78, 5) is 0. The average molecular weight is 501 g/mol. The van der Waals surface area contributed by atoms with Gasteiger partial charge in [0.1, 0.15) is 0 Å². The fraction of sp³-hybridized carbons (Fsp3) is 1.00. The number of aliphatic hydroxyl groups excluding tert-OH is 2. The standard InChI is InChI=1S/C8H18O5.C8H18O4S.C4H10O.Na/c9-1-3-11-5-7-13-8-6-12-4-2-10;1-3-5-6-8(4-2)7-12-13(9,10)11;1-3-5-4-2;/h9-10H,1-8H2;8H,3-7H2,1-2H3,(H,9,10,11);3-4H2,1-2H3;/q;;;+1/p-1. The molecule has 0 aromatic heterocycles. The Balaban J connectivity index is -0.000000198. The third-order valence-corrected chi connectivity index (χ3v) is 4.04. The Hall–Kier alpha value is 0.630. The van der Waals surface area contributed by atoms with Crippen molar-refractivity contribution in [3.05, 3.63) is 0 Å². The molecule has 2 N–H and O–H groups in total. The van der Waals surface area contributed by atoms with E-state index in [1.165, 1.54) is 0 Å². The molecule has 0 aliphatic rings. The summed E-state index contributed by atoms with van der Waals surface area (Å²) in [5.41, 5.74) is 0. The van der Waals surface area contributed by atoms with Crippen molar-refractivity contribution >= 4 is 10.4 Å². The fourth-order valence-electron chi connectivity index (χ4n) is 1.95. The van der Waals surface area contributed by atoms with E-state index in [-0.39, 0.29) is 55.3 Å². The zero-order valence-electron chi connectivity index (χ0n) is 20.8. The number of ether oxygens (including phenoxy) is 4. The summed E-state index contributed by atoms with van der Waals surface area (Å²) >= 11 is 0. The van der Waals surface area contributed by atoms with E-state index in [0.717, 1.165) is 38.9 Å². The van der Waals surface area contributed by atoms with Crippen molar-refractivity contribution in [2.24, 2.45) is 5.92 Å². The summed E-state index contributed by atoms with van der Waals surface area (Å²) in [7, 11) is -4.50. The maximum Gasteiger partial charge on any atom is 1.00 e. The molecule has 192 valence electrons. The molecule has 0 radical (unpaired) electrons. The van der Waals surface area contributed by atoms with E-state index < -0.39 is 10.4 Å². The van der Waals surface area contributed by atoms with Gasteiger partial charge in [0.25, 0.3) is 0 Å². The van der Waals surface area contributed by atoms with Gasteiger partial charge in [-0.3, -0.25) is 4.18 Å². The summed E-state index contributed by atoms with van der Waals surface area (Å²) in [6, 6.07) is 0. The Bertz CT molecular complexity index is 401. The molecule has 32 heavy (non-hydrogen) atoms. The summed E-state index contributed by atoms with van der Waals surface area (Å²) in [6.07, 6.45) is 3.87. The van der Waals surface area contributed by atoms with Gasteiger partial charge in [-0.25, -0.2) is 8.42 Å². The van der Waals surface area contributed by atoms with E-state index in [9.17, 15) is 13.0 Å². The minimum Gasteiger partial charge on any atom is -0.726 e. The number of hydrogen-bond acceptors (Lipinski definition) is 10. The van der Waals surface area contributed by atoms with Crippen LogP contribution in [-0.4, -0.2) is 95.9 Å². The first-order chi connectivity index (χ1) is 14.8. The van der Waals surface area contributed by atoms with Crippen LogP contribution in [0.2, 0.25) is 0 Å². The van der Waals surface area contributed by atoms with Crippen LogP contribution >= 0.6 is 0 Å². The van der Waals surface area contributed by atoms with E-state index in [1.54, 1.807) is 0 Å². The van der Waals surface area contributed by atoms with Crippen molar-refractivity contribution in [3.8, 4) is 0 Å². The van der Waals surface area contributed by atoms with Gasteiger partial charge >= 0.3 is 29.6 Å². The summed E-state index contributed by atoms with van der Waals surface area (Å²) < 4.78 is 54.5. The molecule has 0 amide bonds. The molecule has 0 rings (SSSR count). The van der Waals surface area contributed by atoms with Crippen molar-refractivity contribution in [1.29, 1.82) is 0 Å². The molecule has 0 heterocycles. The first-order valence-electron chi connectivity index (χ1n) is 11.0. The topological polar surface area (TPSA) is 144 Å². The number of aliphatic hydroxyl groups is 2. The normalized spacial score (nSPS) is 11.5. The van der Waals surface area contributed by atoms with Gasteiger partial charge in [0, 0.05) is 13.2 Å². The van der Waals surface area contributed by atoms with Gasteiger partial charge in [-0.1, -0.05) is 33.1 Å². The predicted molar refractivity (Wildman–Crippen MR) is 118 cm³/mol. The van der Waals surface area contributed by atoms with Crippen LogP contribution in [0.1, 0.15) is 53.4 Å². The van der Waals surface area contributed by atoms with Gasteiger partial charge in [-0.15, -0.1) is 0 Å². The molecular formula is C20H45NaO10S. The van der Waals surface area contributed by atoms with Gasteiger partial charge < -0.3 is 33.7 Å². The van der Waals surface area contributed by atoms with Crippen LogP contribution in [0.25, 0.3) is 0 Å². The van der Waals surface area contributed by atoms with Crippen molar-refractivity contribution in [1.82, 2.24) is 0 Å². The summed E-state index contributed by atoms with van der Waals surface area (Å²) in [5.74, 6) is 0.184. The molecule has 0 bridgehead atoms. The Morgan fingerprint density at radius 1 is 0.781 bits per heavy atom. The Kier molecular flexibility index (Phi) is 42.1. The van der Waals surface area contributed by atoms with Gasteiger partial charge in [0.2, 0.25) is 10.4 Å². The first-order valence-corrected chi connectivity index (χ1v) is 12.3. The molecule has 0 fully saturated rings. The van der Waals surface area contributed by atoms with Crippen LogP contribution in [0.3, 0.4) is 0 Å². The van der Waals surface area contributed by atoms with Crippen LogP contribution in [0.5, 0.6) is 0 Å². The second kappa shape index (κ2) is 33.8. The Morgan fingerprint density at radius 3 is 1.50 bits per heavy atom. The van der Waals surface area contributed by atoms with Crippen LogP contribution in [-0.2, 0) is 33.5 Å². The van der Waals surface area contributed by atoms with E-state index in [2.05, 4.69) is 11.1 Å². The zero-order chi connectivity index (χ0) is 24.2. The number of unbranched alkanes of at least 4 members (excludes halogenated alkanes) is 1. The largest absolute Gasteiger partial charge is 1.00 e. The fourth-order valence-corrected chi connectivity index (χ4v) is 2.31. The van der Waals surface area contributed by atoms with Crippen molar-refractivity contribution in [2.45, 2.75) is 53.4 Å². The quantitative estimate of drug-likeness (QED) is 0.0955. The Morgan fingerprint density at radius 2 is 1.22 bits per heavy atom. The molecular weight excluding hydrogens is 455 g/mol. The molecule has 10 nitrogen and oxygen atoms in total. The third kappa shape index (κ3) is 44.3. The van der Waals surface area contributed by atoms with Gasteiger partial charge in [-0.2, -0.15) is 0 Å². The van der Waals surface area contributed by atoms with E-state index in [1.807, 2.05) is 20.8 Å². The van der Waals surface area contributed by atoms with Crippen LogP contribution < -0.4 is 29.6 Å². The molecule has 0 aliphatic heterocycles. The number of hydrogen-bond donors (Lipinski definition) is 2. The van der Waals surface area contributed by atoms with Crippen molar-refractivity contribution < 1.29 is 75.9 Å². The summed E-state index contributed by atoms with van der Waals surface area (Å²) in [5, 5.41) is 16.7. The predicted octanol–water partition coefficient (Wildman–Crippen LogP) is -1.25. The minimum atomic E-state index is -4.50. The monoisotopic (exact) mass is 500 g/mol. The van der Waals surface area contributed by atoms with Gasteiger partial charge in [-0.05, 0) is 26.2 Å². The molecule has 0 aromatic carbocycles.